The van der Waals surface area contributed by atoms with Crippen molar-refractivity contribution in [2.75, 3.05) is 0 Å². The van der Waals surface area contributed by atoms with Crippen LogP contribution in [0.2, 0.25) is 10.0 Å². The van der Waals surface area contributed by atoms with Crippen LogP contribution in [0.25, 0.3) is 10.9 Å². The van der Waals surface area contributed by atoms with Crippen LogP contribution in [-0.2, 0) is 16.8 Å². The van der Waals surface area contributed by atoms with Gasteiger partial charge in [0.05, 0.1) is 23.7 Å². The number of carbonyl (C=O) groups excluding carboxylic acids is 1. The van der Waals surface area contributed by atoms with Gasteiger partial charge in [-0.3, -0.25) is 9.89 Å². The van der Waals surface area contributed by atoms with E-state index in [1.807, 2.05) is 24.3 Å². The van der Waals surface area contributed by atoms with E-state index in [1.165, 1.54) is 0 Å². The molecule has 0 radical (unpaired) electrons. The van der Waals surface area contributed by atoms with Crippen molar-refractivity contribution in [2.45, 2.75) is 30.9 Å². The summed E-state index contributed by atoms with van der Waals surface area (Å²) in [6, 6.07) is 11.1. The highest BCUT2D eigenvalue weighted by Gasteiger charge is 2.62. The lowest BCUT2D eigenvalue weighted by molar-refractivity contribution is -0.120. The third-order valence-electron chi connectivity index (χ3n) is 6.11. The molecule has 3 N–H and O–H groups in total. The third kappa shape index (κ3) is 3.08. The number of nitrogens with zero attached hydrogens (tertiary/aromatic N) is 1. The summed E-state index contributed by atoms with van der Waals surface area (Å²) >= 11 is 12.1. The summed E-state index contributed by atoms with van der Waals surface area (Å²) < 4.78 is 0. The molecular weight excluding hydrogens is 397 g/mol. The number of nitrogens with one attached hydrogen (secondary N) is 2. The van der Waals surface area contributed by atoms with Crippen molar-refractivity contribution < 1.29 is 9.90 Å². The first-order valence-corrected chi connectivity index (χ1v) is 10.1. The summed E-state index contributed by atoms with van der Waals surface area (Å²) in [5.41, 5.74) is 1.65. The zero-order chi connectivity index (χ0) is 19.5. The standard InChI is InChI=1S/C21H19Cl2N3O2/c22-12-3-1-11(2-4-12)5-19(27)25-20-14-8-21(28,9-15(14)20)17-6-13(23)7-18-16(17)10-24-26-18/h1-4,6-7,10,14-15,20,28H,5,8-9H2,(H,24,26)(H,25,27)/t14-,15+,20+,21-. The first-order chi connectivity index (χ1) is 13.4. The van der Waals surface area contributed by atoms with Gasteiger partial charge in [0, 0.05) is 21.5 Å². The van der Waals surface area contributed by atoms with Crippen LogP contribution in [0.5, 0.6) is 0 Å². The largest absolute Gasteiger partial charge is 0.385 e. The second-order valence-corrected chi connectivity index (χ2v) is 8.82. The fourth-order valence-corrected chi connectivity index (χ4v) is 5.07. The van der Waals surface area contributed by atoms with Gasteiger partial charge in [-0.2, -0.15) is 5.10 Å². The number of rotatable bonds is 4. The summed E-state index contributed by atoms with van der Waals surface area (Å²) in [5.74, 6) is 0.588. The highest BCUT2D eigenvalue weighted by atomic mass is 35.5. The van der Waals surface area contributed by atoms with E-state index in [-0.39, 0.29) is 11.9 Å². The summed E-state index contributed by atoms with van der Waals surface area (Å²) in [7, 11) is 0. The Kier molecular flexibility index (Phi) is 4.16. The van der Waals surface area contributed by atoms with Crippen molar-refractivity contribution in [2.24, 2.45) is 11.8 Å². The van der Waals surface area contributed by atoms with Crippen molar-refractivity contribution in [3.8, 4) is 0 Å². The number of hydrogen-bond donors (Lipinski definition) is 3. The molecule has 0 saturated heterocycles. The highest BCUT2D eigenvalue weighted by Crippen LogP contribution is 2.60. The number of aromatic nitrogens is 2. The Morgan fingerprint density at radius 3 is 2.61 bits per heavy atom. The molecule has 1 amide bonds. The van der Waals surface area contributed by atoms with E-state index in [9.17, 15) is 9.90 Å². The summed E-state index contributed by atoms with van der Waals surface area (Å²) in [6.07, 6.45) is 3.30. The molecule has 144 valence electrons. The van der Waals surface area contributed by atoms with Gasteiger partial charge < -0.3 is 10.4 Å². The van der Waals surface area contributed by atoms with Gasteiger partial charge in [0.2, 0.25) is 5.91 Å². The lowest BCUT2D eigenvalue weighted by atomic mass is 9.86. The van der Waals surface area contributed by atoms with E-state index in [0.717, 1.165) is 22.0 Å². The molecule has 4 atom stereocenters. The van der Waals surface area contributed by atoms with Gasteiger partial charge in [0.25, 0.3) is 0 Å². The van der Waals surface area contributed by atoms with Gasteiger partial charge in [0.15, 0.2) is 0 Å². The van der Waals surface area contributed by atoms with Gasteiger partial charge in [-0.25, -0.2) is 0 Å². The van der Waals surface area contributed by atoms with Gasteiger partial charge in [-0.15, -0.1) is 0 Å². The molecule has 1 heterocycles. The van der Waals surface area contributed by atoms with Crippen molar-refractivity contribution in [3.05, 3.63) is 63.8 Å². The minimum Gasteiger partial charge on any atom is -0.385 e. The fourth-order valence-electron chi connectivity index (χ4n) is 4.72. The molecule has 3 aromatic rings. The summed E-state index contributed by atoms with van der Waals surface area (Å²) in [6.45, 7) is 0. The molecule has 0 aliphatic heterocycles. The Morgan fingerprint density at radius 2 is 1.89 bits per heavy atom. The van der Waals surface area contributed by atoms with Gasteiger partial charge >= 0.3 is 0 Å². The number of aliphatic hydroxyl groups is 1. The van der Waals surface area contributed by atoms with E-state index in [2.05, 4.69) is 15.5 Å². The average Bonchev–Trinajstić information content (AvgIpc) is 3.03. The van der Waals surface area contributed by atoms with Crippen LogP contribution in [-0.4, -0.2) is 27.3 Å². The Hall–Kier alpha value is -2.08. The number of aromatic amines is 1. The Bertz CT molecular complexity index is 1050. The normalized spacial score (nSPS) is 28.3. The molecule has 5 rings (SSSR count). The maximum Gasteiger partial charge on any atom is 0.224 e. The van der Waals surface area contributed by atoms with Crippen LogP contribution in [0.15, 0.2) is 42.6 Å². The summed E-state index contributed by atoms with van der Waals surface area (Å²) in [5, 5.41) is 23.5. The van der Waals surface area contributed by atoms with E-state index in [4.69, 9.17) is 23.2 Å². The van der Waals surface area contributed by atoms with E-state index >= 15 is 0 Å². The minimum absolute atomic E-state index is 0.00485. The van der Waals surface area contributed by atoms with E-state index < -0.39 is 5.60 Å². The predicted molar refractivity (Wildman–Crippen MR) is 108 cm³/mol. The van der Waals surface area contributed by atoms with Crippen LogP contribution < -0.4 is 5.32 Å². The van der Waals surface area contributed by atoms with Crippen molar-refractivity contribution >= 4 is 40.0 Å². The maximum absolute atomic E-state index is 12.4. The third-order valence-corrected chi connectivity index (χ3v) is 6.58. The van der Waals surface area contributed by atoms with Crippen molar-refractivity contribution in [1.29, 1.82) is 0 Å². The lowest BCUT2D eigenvalue weighted by Gasteiger charge is -2.27. The molecule has 1 aromatic heterocycles. The average molecular weight is 416 g/mol. The van der Waals surface area contributed by atoms with Crippen LogP contribution in [0.4, 0.5) is 0 Å². The van der Waals surface area contributed by atoms with Crippen LogP contribution in [0.3, 0.4) is 0 Å². The number of carbonyl (C=O) groups is 1. The lowest BCUT2D eigenvalue weighted by Crippen LogP contribution is -2.34. The topological polar surface area (TPSA) is 78.0 Å². The molecule has 2 fully saturated rings. The highest BCUT2D eigenvalue weighted by molar-refractivity contribution is 6.31. The second-order valence-electron chi connectivity index (χ2n) is 7.95. The zero-order valence-corrected chi connectivity index (χ0v) is 16.5. The van der Waals surface area contributed by atoms with Gasteiger partial charge in [-0.1, -0.05) is 35.3 Å². The van der Waals surface area contributed by atoms with Crippen LogP contribution in [0, 0.1) is 11.8 Å². The Morgan fingerprint density at radius 1 is 1.18 bits per heavy atom. The van der Waals surface area contributed by atoms with Gasteiger partial charge in [0.1, 0.15) is 0 Å². The molecular formula is C21H19Cl2N3O2. The number of benzene rings is 2. The van der Waals surface area contributed by atoms with E-state index in [1.54, 1.807) is 18.3 Å². The molecule has 5 nitrogen and oxygen atoms in total. The fraction of sp³-hybridized carbons (Fsp3) is 0.333. The number of H-pyrrole nitrogens is 1. The first-order valence-electron chi connectivity index (χ1n) is 9.32. The minimum atomic E-state index is -0.931. The predicted octanol–water partition coefficient (Wildman–Crippen LogP) is 3.82. The first kappa shape index (κ1) is 18.0. The van der Waals surface area contributed by atoms with Crippen molar-refractivity contribution in [1.82, 2.24) is 15.5 Å². The van der Waals surface area contributed by atoms with Crippen molar-refractivity contribution in [3.63, 3.8) is 0 Å². The van der Waals surface area contributed by atoms with E-state index in [0.29, 0.717) is 41.1 Å². The number of fused-ring (bicyclic) bond motifs is 2. The summed E-state index contributed by atoms with van der Waals surface area (Å²) in [4.78, 5) is 12.4. The number of hydrogen-bond acceptors (Lipinski definition) is 3. The molecule has 0 unspecified atom stereocenters. The molecule has 2 saturated carbocycles. The van der Waals surface area contributed by atoms with Crippen LogP contribution >= 0.6 is 23.2 Å². The molecule has 0 bridgehead atoms. The smallest absolute Gasteiger partial charge is 0.224 e. The number of halogens is 2. The Balaban J connectivity index is 1.26. The number of amides is 1. The molecule has 28 heavy (non-hydrogen) atoms. The van der Waals surface area contributed by atoms with Gasteiger partial charge in [-0.05, 0) is 60.1 Å². The molecule has 0 spiro atoms. The zero-order valence-electron chi connectivity index (χ0n) is 15.0. The second kappa shape index (κ2) is 6.48. The Labute approximate surface area is 172 Å². The molecule has 2 aliphatic carbocycles. The maximum atomic E-state index is 12.4. The SMILES string of the molecule is O=C(Cc1ccc(Cl)cc1)N[C@H]1[C@@H]2C[C@](O)(c3cc(Cl)cc4[nH]ncc34)C[C@@H]21. The quantitative estimate of drug-likeness (QED) is 0.605. The monoisotopic (exact) mass is 415 g/mol. The van der Waals surface area contributed by atoms with Crippen LogP contribution in [0.1, 0.15) is 24.0 Å². The molecule has 2 aromatic carbocycles. The molecule has 2 aliphatic rings. The molecule has 7 heteroatoms.